The maximum absolute atomic E-state index is 5.82. The van der Waals surface area contributed by atoms with Gasteiger partial charge >= 0.3 is 0 Å². The molecule has 1 spiro atoms. The van der Waals surface area contributed by atoms with E-state index in [1.807, 2.05) is 6.07 Å². The van der Waals surface area contributed by atoms with E-state index >= 15 is 0 Å². The second-order valence-electron chi connectivity index (χ2n) is 6.79. The van der Waals surface area contributed by atoms with E-state index < -0.39 is 0 Å². The fourth-order valence-corrected chi connectivity index (χ4v) is 4.10. The van der Waals surface area contributed by atoms with Crippen LogP contribution < -0.4 is 10.1 Å². The number of benzene rings is 1. The van der Waals surface area contributed by atoms with E-state index in [4.69, 9.17) is 14.2 Å². The Bertz CT molecular complexity index is 517. The largest absolute Gasteiger partial charge is 0.493 e. The Kier molecular flexibility index (Phi) is 3.84. The van der Waals surface area contributed by atoms with Crippen LogP contribution in [0.15, 0.2) is 24.3 Å². The molecular weight excluding hydrogens is 278 g/mol. The molecule has 4 nitrogen and oxygen atoms in total. The fraction of sp³-hybridized carbons (Fsp3) is 0.667. The molecule has 4 heteroatoms. The number of nitrogens with one attached hydrogen (secondary N) is 1. The van der Waals surface area contributed by atoms with Gasteiger partial charge in [0.15, 0.2) is 5.79 Å². The van der Waals surface area contributed by atoms with Gasteiger partial charge in [0.25, 0.3) is 0 Å². The molecule has 0 amide bonds. The molecule has 4 rings (SSSR count). The van der Waals surface area contributed by atoms with Crippen molar-refractivity contribution < 1.29 is 14.2 Å². The molecule has 2 atom stereocenters. The van der Waals surface area contributed by atoms with Crippen LogP contribution in [0.4, 0.5) is 0 Å². The molecule has 1 saturated heterocycles. The lowest BCUT2D eigenvalue weighted by Crippen LogP contribution is -2.46. The summed E-state index contributed by atoms with van der Waals surface area (Å²) in [5.74, 6) is 1.24. The molecule has 2 aliphatic heterocycles. The minimum absolute atomic E-state index is 0.259. The van der Waals surface area contributed by atoms with E-state index in [0.717, 1.165) is 51.3 Å². The average molecular weight is 303 g/mol. The zero-order chi connectivity index (χ0) is 15.0. The SMILES string of the molecule is CC(NC1CCC2(CC1)OCCO2)C1COc2ccccc21. The summed E-state index contributed by atoms with van der Waals surface area (Å²) in [7, 11) is 0. The summed E-state index contributed by atoms with van der Waals surface area (Å²) in [4.78, 5) is 0. The van der Waals surface area contributed by atoms with Crippen LogP contribution in [0.25, 0.3) is 0 Å². The number of para-hydroxylation sites is 1. The highest BCUT2D eigenvalue weighted by molar-refractivity contribution is 5.40. The van der Waals surface area contributed by atoms with Crippen molar-refractivity contribution in [2.45, 2.75) is 56.4 Å². The molecule has 120 valence electrons. The molecule has 1 saturated carbocycles. The predicted molar refractivity (Wildman–Crippen MR) is 84.2 cm³/mol. The van der Waals surface area contributed by atoms with Crippen molar-refractivity contribution in [1.82, 2.24) is 5.32 Å². The molecule has 2 unspecified atom stereocenters. The lowest BCUT2D eigenvalue weighted by Gasteiger charge is -2.37. The standard InChI is InChI=1S/C18H25NO3/c1-13(16-12-20-17-5-3-2-4-15(16)17)19-14-6-8-18(9-7-14)21-10-11-22-18/h2-5,13-14,16,19H,6-12H2,1H3. The van der Waals surface area contributed by atoms with Gasteiger partial charge in [0.2, 0.25) is 0 Å². The third-order valence-corrected chi connectivity index (χ3v) is 5.40. The van der Waals surface area contributed by atoms with Gasteiger partial charge in [0.1, 0.15) is 5.75 Å². The first-order valence-corrected chi connectivity index (χ1v) is 8.51. The molecule has 2 fully saturated rings. The minimum Gasteiger partial charge on any atom is -0.493 e. The van der Waals surface area contributed by atoms with Gasteiger partial charge in [-0.2, -0.15) is 0 Å². The van der Waals surface area contributed by atoms with Gasteiger partial charge in [-0.1, -0.05) is 18.2 Å². The van der Waals surface area contributed by atoms with E-state index in [9.17, 15) is 0 Å². The Morgan fingerprint density at radius 2 is 1.86 bits per heavy atom. The van der Waals surface area contributed by atoms with Gasteiger partial charge in [-0.3, -0.25) is 0 Å². The number of hydrogen-bond donors (Lipinski definition) is 1. The molecule has 22 heavy (non-hydrogen) atoms. The van der Waals surface area contributed by atoms with Gasteiger partial charge in [0, 0.05) is 36.4 Å². The Labute approximate surface area is 132 Å². The van der Waals surface area contributed by atoms with Crippen molar-refractivity contribution in [3.05, 3.63) is 29.8 Å². The second-order valence-corrected chi connectivity index (χ2v) is 6.79. The van der Waals surface area contributed by atoms with Gasteiger partial charge in [-0.15, -0.1) is 0 Å². The highest BCUT2D eigenvalue weighted by Gasteiger charge is 2.41. The highest BCUT2D eigenvalue weighted by atomic mass is 16.7. The number of ether oxygens (including phenoxy) is 3. The Balaban J connectivity index is 1.34. The second kappa shape index (κ2) is 5.84. The molecule has 1 aromatic rings. The van der Waals surface area contributed by atoms with E-state index in [1.54, 1.807) is 0 Å². The smallest absolute Gasteiger partial charge is 0.168 e. The number of rotatable bonds is 3. The first kappa shape index (κ1) is 14.5. The molecule has 0 radical (unpaired) electrons. The number of hydrogen-bond acceptors (Lipinski definition) is 4. The third kappa shape index (κ3) is 2.64. The Morgan fingerprint density at radius 1 is 1.14 bits per heavy atom. The fourth-order valence-electron chi connectivity index (χ4n) is 4.10. The average Bonchev–Trinajstić information content (AvgIpc) is 3.17. The van der Waals surface area contributed by atoms with Crippen molar-refractivity contribution in [3.63, 3.8) is 0 Å². The highest BCUT2D eigenvalue weighted by Crippen LogP contribution is 2.38. The minimum atomic E-state index is -0.259. The van der Waals surface area contributed by atoms with Gasteiger partial charge in [0.05, 0.1) is 19.8 Å². The summed E-state index contributed by atoms with van der Waals surface area (Å²) in [5.41, 5.74) is 1.34. The van der Waals surface area contributed by atoms with Crippen molar-refractivity contribution in [2.75, 3.05) is 19.8 Å². The molecule has 2 heterocycles. The van der Waals surface area contributed by atoms with Gasteiger partial charge in [-0.25, -0.2) is 0 Å². The van der Waals surface area contributed by atoms with Crippen molar-refractivity contribution >= 4 is 0 Å². The normalized spacial score (nSPS) is 28.5. The summed E-state index contributed by atoms with van der Waals surface area (Å²) in [6, 6.07) is 9.39. The quantitative estimate of drug-likeness (QED) is 0.932. The van der Waals surface area contributed by atoms with Crippen LogP contribution in [-0.4, -0.2) is 37.7 Å². The molecule has 0 aromatic heterocycles. The number of fused-ring (bicyclic) bond motifs is 1. The summed E-state index contributed by atoms with van der Waals surface area (Å²) in [6.07, 6.45) is 4.27. The predicted octanol–water partition coefficient (Wildman–Crippen LogP) is 2.83. The zero-order valence-electron chi connectivity index (χ0n) is 13.2. The van der Waals surface area contributed by atoms with Gasteiger partial charge < -0.3 is 19.5 Å². The topological polar surface area (TPSA) is 39.7 Å². The molecule has 0 bridgehead atoms. The third-order valence-electron chi connectivity index (χ3n) is 5.40. The van der Waals surface area contributed by atoms with Crippen LogP contribution in [0, 0.1) is 0 Å². The first-order chi connectivity index (χ1) is 10.8. The van der Waals surface area contributed by atoms with Crippen molar-refractivity contribution in [1.29, 1.82) is 0 Å². The first-order valence-electron chi connectivity index (χ1n) is 8.51. The van der Waals surface area contributed by atoms with Crippen LogP contribution >= 0.6 is 0 Å². The van der Waals surface area contributed by atoms with Crippen LogP contribution in [0.2, 0.25) is 0 Å². The summed E-state index contributed by atoms with van der Waals surface area (Å²) in [6.45, 7) is 4.58. The molecule has 1 aromatic carbocycles. The van der Waals surface area contributed by atoms with Crippen LogP contribution in [0.5, 0.6) is 5.75 Å². The maximum atomic E-state index is 5.82. The van der Waals surface area contributed by atoms with E-state index in [-0.39, 0.29) is 5.79 Å². The Morgan fingerprint density at radius 3 is 2.64 bits per heavy atom. The summed E-state index contributed by atoms with van der Waals surface area (Å²) < 4.78 is 17.4. The maximum Gasteiger partial charge on any atom is 0.168 e. The van der Waals surface area contributed by atoms with Crippen LogP contribution in [0.3, 0.4) is 0 Å². The van der Waals surface area contributed by atoms with Crippen molar-refractivity contribution in [3.8, 4) is 5.75 Å². The molecule has 1 aliphatic carbocycles. The van der Waals surface area contributed by atoms with E-state index in [0.29, 0.717) is 18.0 Å². The van der Waals surface area contributed by atoms with Crippen LogP contribution in [-0.2, 0) is 9.47 Å². The Hall–Kier alpha value is -1.10. The zero-order valence-corrected chi connectivity index (χ0v) is 13.2. The lowest BCUT2D eigenvalue weighted by molar-refractivity contribution is -0.179. The summed E-state index contributed by atoms with van der Waals surface area (Å²) in [5, 5.41) is 3.82. The molecular formula is C18H25NO3. The molecule has 1 N–H and O–H groups in total. The van der Waals surface area contributed by atoms with E-state index in [1.165, 1.54) is 5.56 Å². The van der Waals surface area contributed by atoms with E-state index in [2.05, 4.69) is 30.4 Å². The molecule has 3 aliphatic rings. The van der Waals surface area contributed by atoms with Crippen LogP contribution in [0.1, 0.15) is 44.1 Å². The monoisotopic (exact) mass is 303 g/mol. The van der Waals surface area contributed by atoms with Gasteiger partial charge in [-0.05, 0) is 25.8 Å². The van der Waals surface area contributed by atoms with Crippen molar-refractivity contribution in [2.24, 2.45) is 0 Å². The summed E-state index contributed by atoms with van der Waals surface area (Å²) >= 11 is 0. The lowest BCUT2D eigenvalue weighted by atomic mass is 9.88.